The molecule has 1 amide bonds. The lowest BCUT2D eigenvalue weighted by molar-refractivity contribution is 0.0719. The fourth-order valence-corrected chi connectivity index (χ4v) is 4.69. The third-order valence-electron chi connectivity index (χ3n) is 6.29. The summed E-state index contributed by atoms with van der Waals surface area (Å²) in [4.78, 5) is 17.1. The standard InChI is InChI=1S/C23H30FN3O2/c1-26(23(28)22-19-9-3-5-11-21(19)29-25-22)15-17-7-6-13-27(16-17)14-12-18-8-2-4-10-20(18)24/h2,4,8,10,17H,3,5-7,9,11-16H2,1H3/t17-/m1/s1. The van der Waals surface area contributed by atoms with Gasteiger partial charge >= 0.3 is 0 Å². The number of hydrogen-bond donors (Lipinski definition) is 0. The Morgan fingerprint density at radius 2 is 2.10 bits per heavy atom. The van der Waals surface area contributed by atoms with E-state index in [1.54, 1.807) is 11.0 Å². The van der Waals surface area contributed by atoms with Gasteiger partial charge in [0.2, 0.25) is 0 Å². The van der Waals surface area contributed by atoms with E-state index >= 15 is 0 Å². The van der Waals surface area contributed by atoms with Gasteiger partial charge in [0.15, 0.2) is 5.69 Å². The molecule has 5 nitrogen and oxygen atoms in total. The van der Waals surface area contributed by atoms with Crippen LogP contribution in [0.5, 0.6) is 0 Å². The Hall–Kier alpha value is -2.21. The molecule has 2 aliphatic rings. The van der Waals surface area contributed by atoms with E-state index in [4.69, 9.17) is 4.52 Å². The average Bonchev–Trinajstić information content (AvgIpc) is 3.17. The van der Waals surface area contributed by atoms with Crippen LogP contribution in [-0.2, 0) is 19.3 Å². The minimum atomic E-state index is -0.123. The summed E-state index contributed by atoms with van der Waals surface area (Å²) < 4.78 is 19.3. The van der Waals surface area contributed by atoms with Gasteiger partial charge < -0.3 is 14.3 Å². The third kappa shape index (κ3) is 4.69. The lowest BCUT2D eigenvalue weighted by Crippen LogP contribution is -2.42. The highest BCUT2D eigenvalue weighted by Gasteiger charge is 2.28. The lowest BCUT2D eigenvalue weighted by atomic mass is 9.95. The zero-order chi connectivity index (χ0) is 20.2. The molecule has 1 aromatic heterocycles. The molecule has 0 radical (unpaired) electrons. The molecule has 0 unspecified atom stereocenters. The monoisotopic (exact) mass is 399 g/mol. The smallest absolute Gasteiger partial charge is 0.276 e. The van der Waals surface area contributed by atoms with Gasteiger partial charge in [-0.15, -0.1) is 0 Å². The molecule has 1 atom stereocenters. The number of amides is 1. The van der Waals surface area contributed by atoms with Crippen LogP contribution in [0.3, 0.4) is 0 Å². The molecule has 1 saturated heterocycles. The molecule has 1 aliphatic carbocycles. The van der Waals surface area contributed by atoms with Gasteiger partial charge in [0, 0.05) is 38.7 Å². The normalized spacial score (nSPS) is 19.7. The van der Waals surface area contributed by atoms with E-state index in [2.05, 4.69) is 10.1 Å². The molecule has 4 rings (SSSR count). The van der Waals surface area contributed by atoms with Crippen molar-refractivity contribution in [2.75, 3.05) is 33.2 Å². The van der Waals surface area contributed by atoms with E-state index in [0.29, 0.717) is 11.6 Å². The summed E-state index contributed by atoms with van der Waals surface area (Å²) in [5.74, 6) is 1.17. The van der Waals surface area contributed by atoms with Gasteiger partial charge in [-0.2, -0.15) is 0 Å². The van der Waals surface area contributed by atoms with Crippen LogP contribution in [0.1, 0.15) is 53.1 Å². The highest BCUT2D eigenvalue weighted by Crippen LogP contribution is 2.25. The maximum atomic E-state index is 13.9. The summed E-state index contributed by atoms with van der Waals surface area (Å²) in [6, 6.07) is 7.01. The Labute approximate surface area is 171 Å². The minimum absolute atomic E-state index is 0.0274. The first kappa shape index (κ1) is 20.1. The Kier molecular flexibility index (Phi) is 6.28. The predicted octanol–water partition coefficient (Wildman–Crippen LogP) is 3.72. The van der Waals surface area contributed by atoms with Crippen molar-refractivity contribution in [3.05, 3.63) is 52.7 Å². The number of carbonyl (C=O) groups excluding carboxylic acids is 1. The fourth-order valence-electron chi connectivity index (χ4n) is 4.69. The average molecular weight is 400 g/mol. The van der Waals surface area contributed by atoms with Crippen LogP contribution in [0.25, 0.3) is 0 Å². The highest BCUT2D eigenvalue weighted by molar-refractivity contribution is 5.93. The first-order valence-corrected chi connectivity index (χ1v) is 10.8. The van der Waals surface area contributed by atoms with E-state index in [0.717, 1.165) is 88.0 Å². The number of carbonyl (C=O) groups is 1. The third-order valence-corrected chi connectivity index (χ3v) is 6.29. The van der Waals surface area contributed by atoms with Crippen LogP contribution in [-0.4, -0.2) is 54.1 Å². The van der Waals surface area contributed by atoms with Crippen molar-refractivity contribution in [1.29, 1.82) is 0 Å². The zero-order valence-corrected chi connectivity index (χ0v) is 17.2. The Morgan fingerprint density at radius 3 is 2.97 bits per heavy atom. The molecule has 0 spiro atoms. The second kappa shape index (κ2) is 9.08. The molecular formula is C23H30FN3O2. The molecule has 1 aliphatic heterocycles. The van der Waals surface area contributed by atoms with Gasteiger partial charge in [-0.25, -0.2) is 4.39 Å². The van der Waals surface area contributed by atoms with Crippen molar-refractivity contribution in [2.45, 2.75) is 44.9 Å². The molecule has 156 valence electrons. The molecule has 29 heavy (non-hydrogen) atoms. The minimum Gasteiger partial charge on any atom is -0.360 e. The van der Waals surface area contributed by atoms with E-state index < -0.39 is 0 Å². The molecular weight excluding hydrogens is 369 g/mol. The summed E-state index contributed by atoms with van der Waals surface area (Å²) >= 11 is 0. The van der Waals surface area contributed by atoms with Crippen LogP contribution >= 0.6 is 0 Å². The molecule has 1 aromatic carbocycles. The number of halogens is 1. The predicted molar refractivity (Wildman–Crippen MR) is 109 cm³/mol. The fraction of sp³-hybridized carbons (Fsp3) is 0.565. The first-order chi connectivity index (χ1) is 14.1. The Morgan fingerprint density at radius 1 is 1.28 bits per heavy atom. The SMILES string of the molecule is CN(C[C@H]1CCCN(CCc2ccccc2F)C1)C(=O)c1noc2c1CCCC2. The number of piperidine rings is 1. The number of likely N-dealkylation sites (tertiary alicyclic amines) is 1. The van der Waals surface area contributed by atoms with Crippen molar-refractivity contribution in [3.63, 3.8) is 0 Å². The van der Waals surface area contributed by atoms with Crippen molar-refractivity contribution < 1.29 is 13.7 Å². The maximum Gasteiger partial charge on any atom is 0.276 e. The second-order valence-electron chi connectivity index (χ2n) is 8.48. The molecule has 0 saturated carbocycles. The Bertz CT molecular complexity index is 850. The number of aromatic nitrogens is 1. The molecule has 2 heterocycles. The summed E-state index contributed by atoms with van der Waals surface area (Å²) in [6.45, 7) is 3.56. The van der Waals surface area contributed by atoms with Crippen LogP contribution in [0.4, 0.5) is 4.39 Å². The van der Waals surface area contributed by atoms with Crippen LogP contribution in [0, 0.1) is 11.7 Å². The highest BCUT2D eigenvalue weighted by atomic mass is 19.1. The van der Waals surface area contributed by atoms with Crippen LogP contribution in [0.2, 0.25) is 0 Å². The van der Waals surface area contributed by atoms with Crippen LogP contribution in [0.15, 0.2) is 28.8 Å². The molecule has 2 aromatic rings. The van der Waals surface area contributed by atoms with Crippen LogP contribution < -0.4 is 0 Å². The van der Waals surface area contributed by atoms with Gasteiger partial charge in [0.05, 0.1) is 0 Å². The van der Waals surface area contributed by atoms with Gasteiger partial charge in [-0.3, -0.25) is 4.79 Å². The number of nitrogens with zero attached hydrogens (tertiary/aromatic N) is 3. The quantitative estimate of drug-likeness (QED) is 0.743. The van der Waals surface area contributed by atoms with Gasteiger partial charge in [-0.05, 0) is 62.6 Å². The number of benzene rings is 1. The largest absolute Gasteiger partial charge is 0.360 e. The Balaban J connectivity index is 1.31. The number of fused-ring (bicyclic) bond motifs is 1. The molecule has 6 heteroatoms. The lowest BCUT2D eigenvalue weighted by Gasteiger charge is -2.34. The number of rotatable bonds is 6. The van der Waals surface area contributed by atoms with Crippen molar-refractivity contribution in [2.24, 2.45) is 5.92 Å². The number of hydrogen-bond acceptors (Lipinski definition) is 4. The zero-order valence-electron chi connectivity index (χ0n) is 17.2. The summed E-state index contributed by atoms with van der Waals surface area (Å²) in [6.07, 6.45) is 6.93. The summed E-state index contributed by atoms with van der Waals surface area (Å²) in [5, 5.41) is 4.09. The van der Waals surface area contributed by atoms with E-state index in [1.165, 1.54) is 6.07 Å². The molecule has 0 N–H and O–H groups in total. The van der Waals surface area contributed by atoms with E-state index in [-0.39, 0.29) is 11.7 Å². The van der Waals surface area contributed by atoms with E-state index in [1.807, 2.05) is 19.2 Å². The van der Waals surface area contributed by atoms with Gasteiger partial charge in [-0.1, -0.05) is 23.4 Å². The van der Waals surface area contributed by atoms with Gasteiger partial charge in [0.1, 0.15) is 11.6 Å². The maximum absolute atomic E-state index is 13.9. The second-order valence-corrected chi connectivity index (χ2v) is 8.48. The molecule has 1 fully saturated rings. The summed E-state index contributed by atoms with van der Waals surface area (Å²) in [5.41, 5.74) is 2.30. The van der Waals surface area contributed by atoms with Crippen molar-refractivity contribution in [3.8, 4) is 0 Å². The van der Waals surface area contributed by atoms with Crippen molar-refractivity contribution in [1.82, 2.24) is 15.0 Å². The molecule has 0 bridgehead atoms. The number of aryl methyl sites for hydroxylation is 1. The first-order valence-electron chi connectivity index (χ1n) is 10.8. The topological polar surface area (TPSA) is 49.6 Å². The van der Waals surface area contributed by atoms with Gasteiger partial charge in [0.25, 0.3) is 5.91 Å². The summed E-state index contributed by atoms with van der Waals surface area (Å²) in [7, 11) is 1.87. The van der Waals surface area contributed by atoms with E-state index in [9.17, 15) is 9.18 Å². The van der Waals surface area contributed by atoms with Crippen molar-refractivity contribution >= 4 is 5.91 Å².